The topological polar surface area (TPSA) is 77.0 Å². The predicted octanol–water partition coefficient (Wildman–Crippen LogP) is 1.93. The first-order chi connectivity index (χ1) is 11.5. The van der Waals surface area contributed by atoms with E-state index in [2.05, 4.69) is 28.9 Å². The van der Waals surface area contributed by atoms with Gasteiger partial charge in [0.15, 0.2) is 11.5 Å². The van der Waals surface area contributed by atoms with Gasteiger partial charge in [-0.1, -0.05) is 17.7 Å². The summed E-state index contributed by atoms with van der Waals surface area (Å²) in [4.78, 5) is 4.58. The molecule has 1 aromatic carbocycles. The Bertz CT molecular complexity index is 650. The number of allylic oxidation sites excluding steroid dienone is 2. The number of halogens is 1. The molecule has 3 rings (SSSR count). The number of ether oxygens (including phenoxy) is 2. The van der Waals surface area contributed by atoms with Crippen molar-refractivity contribution in [3.05, 3.63) is 46.9 Å². The second-order valence-corrected chi connectivity index (χ2v) is 6.39. The van der Waals surface area contributed by atoms with Gasteiger partial charge in [0.1, 0.15) is 0 Å². The van der Waals surface area contributed by atoms with Crippen LogP contribution in [0.5, 0.6) is 11.5 Å². The van der Waals surface area contributed by atoms with E-state index in [1.165, 1.54) is 5.56 Å². The van der Waals surface area contributed by atoms with Gasteiger partial charge in [0, 0.05) is 32.2 Å². The van der Waals surface area contributed by atoms with Crippen molar-refractivity contribution < 1.29 is 9.47 Å². The quantitative estimate of drug-likeness (QED) is 0.638. The van der Waals surface area contributed by atoms with Crippen LogP contribution in [0.4, 0.5) is 0 Å². The zero-order valence-electron chi connectivity index (χ0n) is 13.7. The molecule has 0 aromatic heterocycles. The lowest BCUT2D eigenvalue weighted by molar-refractivity contribution is 0.122. The van der Waals surface area contributed by atoms with Crippen LogP contribution in [0, 0.1) is 0 Å². The Morgan fingerprint density at radius 2 is 1.83 bits per heavy atom. The van der Waals surface area contributed by atoms with E-state index in [0.29, 0.717) is 18.7 Å². The van der Waals surface area contributed by atoms with E-state index in [0.717, 1.165) is 37.7 Å². The Hall–Kier alpha value is -2.05. The van der Waals surface area contributed by atoms with Crippen LogP contribution in [0.15, 0.2) is 41.3 Å². The van der Waals surface area contributed by atoms with Gasteiger partial charge in [0.25, 0.3) is 0 Å². The highest BCUT2D eigenvalue weighted by Gasteiger charge is 2.24. The highest BCUT2D eigenvalue weighted by atomic mass is 35.5. The molecule has 2 heterocycles. The summed E-state index contributed by atoms with van der Waals surface area (Å²) >= 11 is 5.63. The minimum Gasteiger partial charge on any atom is -0.454 e. The van der Waals surface area contributed by atoms with Crippen molar-refractivity contribution in [3.8, 4) is 11.5 Å². The highest BCUT2D eigenvalue weighted by Crippen LogP contribution is 2.35. The van der Waals surface area contributed by atoms with Gasteiger partial charge in [-0.25, -0.2) is 0 Å². The summed E-state index contributed by atoms with van der Waals surface area (Å²) in [6.07, 6.45) is 3.36. The first-order valence-electron chi connectivity index (χ1n) is 8.01. The number of benzene rings is 1. The number of nitrogens with zero attached hydrogens (tertiary/aromatic N) is 2. The Labute approximate surface area is 147 Å². The molecule has 0 saturated carbocycles. The van der Waals surface area contributed by atoms with E-state index < -0.39 is 0 Å². The number of rotatable bonds is 4. The fraction of sp³-hybridized carbons (Fsp3) is 0.412. The third kappa shape index (κ3) is 3.71. The molecule has 6 nitrogen and oxygen atoms in total. The molecule has 1 atom stereocenters. The van der Waals surface area contributed by atoms with Crippen molar-refractivity contribution in [2.75, 3.05) is 33.0 Å². The van der Waals surface area contributed by atoms with Crippen molar-refractivity contribution >= 4 is 11.6 Å². The van der Waals surface area contributed by atoms with Gasteiger partial charge >= 0.3 is 0 Å². The molecule has 1 saturated heterocycles. The molecule has 2 aliphatic rings. The van der Waals surface area contributed by atoms with Crippen LogP contribution < -0.4 is 20.9 Å². The molecule has 7 heteroatoms. The molecule has 2 aliphatic heterocycles. The first-order valence-corrected chi connectivity index (χ1v) is 8.39. The van der Waals surface area contributed by atoms with Gasteiger partial charge in [-0.15, -0.1) is 0 Å². The normalized spacial score (nSPS) is 20.3. The minimum absolute atomic E-state index is 0.230. The molecule has 0 aliphatic carbocycles. The predicted molar refractivity (Wildman–Crippen MR) is 94.5 cm³/mol. The standard InChI is InChI=1S/C17H23ClN4O2/c1-12(13-2-3-14-15(10-13)24-11-23-14)21-6-8-22(9-7-21)17(20)5-4-16(18)19/h2-5,10,12H,6-9,11,19-20H2,1H3/b16-4-,17-5+. The van der Waals surface area contributed by atoms with Gasteiger partial charge < -0.3 is 25.8 Å². The fourth-order valence-electron chi connectivity index (χ4n) is 3.02. The molecule has 1 fully saturated rings. The maximum atomic E-state index is 6.07. The summed E-state index contributed by atoms with van der Waals surface area (Å²) in [5.41, 5.74) is 12.7. The summed E-state index contributed by atoms with van der Waals surface area (Å²) in [5, 5.41) is 0.230. The van der Waals surface area contributed by atoms with Gasteiger partial charge in [-0.2, -0.15) is 0 Å². The SMILES string of the molecule is CC(c1ccc2c(c1)OCO2)N1CCN(/C(N)=C/C=C(\N)Cl)CC1. The molecule has 0 spiro atoms. The maximum Gasteiger partial charge on any atom is 0.231 e. The molecule has 0 amide bonds. The van der Waals surface area contributed by atoms with Crippen LogP contribution in [0.2, 0.25) is 0 Å². The maximum absolute atomic E-state index is 6.07. The van der Waals surface area contributed by atoms with Crippen molar-refractivity contribution in [2.45, 2.75) is 13.0 Å². The summed E-state index contributed by atoms with van der Waals surface area (Å²) in [5.74, 6) is 2.34. The minimum atomic E-state index is 0.230. The zero-order valence-corrected chi connectivity index (χ0v) is 14.5. The Kier molecular flexibility index (Phi) is 5.06. The fourth-order valence-corrected chi connectivity index (χ4v) is 3.08. The van der Waals surface area contributed by atoms with E-state index in [1.54, 1.807) is 12.2 Å². The average Bonchev–Trinajstić information content (AvgIpc) is 3.06. The molecule has 130 valence electrons. The average molecular weight is 351 g/mol. The third-order valence-electron chi connectivity index (χ3n) is 4.52. The molecule has 1 unspecified atom stereocenters. The Morgan fingerprint density at radius 3 is 2.54 bits per heavy atom. The van der Waals surface area contributed by atoms with Crippen LogP contribution in [-0.4, -0.2) is 42.8 Å². The number of nitrogens with two attached hydrogens (primary N) is 2. The molecule has 0 radical (unpaired) electrons. The lowest BCUT2D eigenvalue weighted by Crippen LogP contribution is -2.47. The lowest BCUT2D eigenvalue weighted by Gasteiger charge is -2.39. The van der Waals surface area contributed by atoms with Crippen molar-refractivity contribution in [1.82, 2.24) is 9.80 Å². The van der Waals surface area contributed by atoms with E-state index >= 15 is 0 Å². The van der Waals surface area contributed by atoms with E-state index in [-0.39, 0.29) is 5.16 Å². The zero-order chi connectivity index (χ0) is 17.1. The second-order valence-electron chi connectivity index (χ2n) is 5.95. The largest absolute Gasteiger partial charge is 0.454 e. The van der Waals surface area contributed by atoms with Gasteiger partial charge in [0.2, 0.25) is 6.79 Å². The number of hydrogen-bond donors (Lipinski definition) is 2. The van der Waals surface area contributed by atoms with E-state index in [1.807, 2.05) is 6.07 Å². The second kappa shape index (κ2) is 7.23. The molecular formula is C17H23ClN4O2. The molecule has 24 heavy (non-hydrogen) atoms. The molecule has 0 bridgehead atoms. The van der Waals surface area contributed by atoms with Gasteiger partial charge in [0.05, 0.1) is 11.0 Å². The smallest absolute Gasteiger partial charge is 0.231 e. The number of piperazine rings is 1. The summed E-state index contributed by atoms with van der Waals surface area (Å²) in [6, 6.07) is 6.47. The monoisotopic (exact) mass is 350 g/mol. The molecule has 1 aromatic rings. The number of fused-ring (bicyclic) bond motifs is 1. The van der Waals surface area contributed by atoms with E-state index in [9.17, 15) is 0 Å². The highest BCUT2D eigenvalue weighted by molar-refractivity contribution is 6.29. The van der Waals surface area contributed by atoms with Crippen LogP contribution in [0.25, 0.3) is 0 Å². The summed E-state index contributed by atoms with van der Waals surface area (Å²) < 4.78 is 10.8. The lowest BCUT2D eigenvalue weighted by atomic mass is 10.1. The van der Waals surface area contributed by atoms with Crippen LogP contribution in [-0.2, 0) is 0 Å². The van der Waals surface area contributed by atoms with Crippen LogP contribution >= 0.6 is 11.6 Å². The van der Waals surface area contributed by atoms with Crippen LogP contribution in [0.1, 0.15) is 18.5 Å². The summed E-state index contributed by atoms with van der Waals surface area (Å²) in [6.45, 7) is 6.12. The number of hydrogen-bond acceptors (Lipinski definition) is 6. The molecule has 4 N–H and O–H groups in total. The van der Waals surface area contributed by atoms with Crippen LogP contribution in [0.3, 0.4) is 0 Å². The van der Waals surface area contributed by atoms with Crippen molar-refractivity contribution in [2.24, 2.45) is 11.5 Å². The Morgan fingerprint density at radius 1 is 1.12 bits per heavy atom. The summed E-state index contributed by atoms with van der Waals surface area (Å²) in [7, 11) is 0. The molecular weight excluding hydrogens is 328 g/mol. The van der Waals surface area contributed by atoms with E-state index in [4.69, 9.17) is 32.5 Å². The third-order valence-corrected chi connectivity index (χ3v) is 4.65. The van der Waals surface area contributed by atoms with Crippen molar-refractivity contribution in [3.63, 3.8) is 0 Å². The first kappa shape index (κ1) is 16.8. The van der Waals surface area contributed by atoms with Gasteiger partial charge in [-0.3, -0.25) is 4.90 Å². The van der Waals surface area contributed by atoms with Crippen molar-refractivity contribution in [1.29, 1.82) is 0 Å². The van der Waals surface area contributed by atoms with Gasteiger partial charge in [-0.05, 0) is 36.8 Å². The Balaban J connectivity index is 1.60.